The fourth-order valence-corrected chi connectivity index (χ4v) is 1.25. The van der Waals surface area contributed by atoms with E-state index in [1.807, 2.05) is 0 Å². The van der Waals surface area contributed by atoms with Crippen molar-refractivity contribution in [2.45, 2.75) is 6.42 Å². The second-order valence-electron chi connectivity index (χ2n) is 3.39. The van der Waals surface area contributed by atoms with Crippen molar-refractivity contribution in [3.8, 4) is 0 Å². The monoisotopic (exact) mass is 226 g/mol. The van der Waals surface area contributed by atoms with Crippen LogP contribution in [0.25, 0.3) is 0 Å². The van der Waals surface area contributed by atoms with Gasteiger partial charge >= 0.3 is 0 Å². The molecule has 88 valence electrons. The molecule has 0 saturated carbocycles. The molecule has 4 heteroatoms. The van der Waals surface area contributed by atoms with Gasteiger partial charge in [-0.1, -0.05) is 12.1 Å². The lowest BCUT2D eigenvalue weighted by Crippen LogP contribution is -2.13. The zero-order valence-electron chi connectivity index (χ0n) is 9.24. The average Bonchev–Trinajstić information content (AvgIpc) is 2.24. The highest BCUT2D eigenvalue weighted by atomic mass is 19.1. The van der Waals surface area contributed by atoms with Gasteiger partial charge in [0, 0.05) is 13.5 Å². The largest absolute Gasteiger partial charge is 0.382 e. The molecular formula is C12H15FO3. The Kier molecular flexibility index (Phi) is 5.67. The summed E-state index contributed by atoms with van der Waals surface area (Å²) < 4.78 is 22.7. The van der Waals surface area contributed by atoms with Crippen LogP contribution in [0.3, 0.4) is 0 Å². The van der Waals surface area contributed by atoms with Crippen LogP contribution in [0, 0.1) is 5.82 Å². The van der Waals surface area contributed by atoms with Crippen LogP contribution in [0.2, 0.25) is 0 Å². The normalized spacial score (nSPS) is 10.4. The van der Waals surface area contributed by atoms with Gasteiger partial charge in [0.25, 0.3) is 0 Å². The predicted molar refractivity (Wildman–Crippen MR) is 57.8 cm³/mol. The molecule has 0 atom stereocenters. The zero-order chi connectivity index (χ0) is 11.8. The molecule has 1 aromatic rings. The minimum Gasteiger partial charge on any atom is -0.382 e. The first-order chi connectivity index (χ1) is 7.72. The number of methoxy groups -OCH3 is 1. The van der Waals surface area contributed by atoms with Crippen molar-refractivity contribution < 1.29 is 18.7 Å². The molecule has 0 radical (unpaired) electrons. The summed E-state index contributed by atoms with van der Waals surface area (Å²) in [7, 11) is 1.57. The second kappa shape index (κ2) is 7.09. The van der Waals surface area contributed by atoms with Crippen molar-refractivity contribution in [3.63, 3.8) is 0 Å². The third-order valence-electron chi connectivity index (χ3n) is 1.99. The molecule has 0 saturated heterocycles. The number of Topliss-reactive ketones (excluding diaryl/α,β-unsaturated/α-hetero) is 1. The van der Waals surface area contributed by atoms with Crippen LogP contribution < -0.4 is 0 Å². The first-order valence-electron chi connectivity index (χ1n) is 5.05. The predicted octanol–water partition coefficient (Wildman–Crippen LogP) is 1.60. The number of hydrogen-bond donors (Lipinski definition) is 0. The van der Waals surface area contributed by atoms with Gasteiger partial charge in [0.2, 0.25) is 0 Å². The van der Waals surface area contributed by atoms with Crippen molar-refractivity contribution in [1.82, 2.24) is 0 Å². The number of rotatable bonds is 7. The Morgan fingerprint density at radius 3 is 2.88 bits per heavy atom. The first kappa shape index (κ1) is 12.8. The molecule has 1 aromatic carbocycles. The van der Waals surface area contributed by atoms with Crippen LogP contribution in [0.15, 0.2) is 24.3 Å². The van der Waals surface area contributed by atoms with Crippen molar-refractivity contribution in [3.05, 3.63) is 35.6 Å². The maximum atomic E-state index is 12.8. The van der Waals surface area contributed by atoms with Gasteiger partial charge in [0.15, 0.2) is 5.78 Å². The van der Waals surface area contributed by atoms with Gasteiger partial charge in [-0.05, 0) is 17.7 Å². The van der Waals surface area contributed by atoms with E-state index < -0.39 is 0 Å². The number of halogens is 1. The lowest BCUT2D eigenvalue weighted by atomic mass is 10.1. The molecule has 3 nitrogen and oxygen atoms in total. The van der Waals surface area contributed by atoms with E-state index in [2.05, 4.69) is 0 Å². The Morgan fingerprint density at radius 1 is 1.38 bits per heavy atom. The maximum Gasteiger partial charge on any atom is 0.162 e. The summed E-state index contributed by atoms with van der Waals surface area (Å²) in [5, 5.41) is 0. The van der Waals surface area contributed by atoms with Crippen molar-refractivity contribution in [1.29, 1.82) is 0 Å². The Labute approximate surface area is 94.2 Å². The van der Waals surface area contributed by atoms with E-state index in [4.69, 9.17) is 9.47 Å². The molecule has 16 heavy (non-hydrogen) atoms. The molecular weight excluding hydrogens is 211 g/mol. The van der Waals surface area contributed by atoms with Crippen LogP contribution in [0.1, 0.15) is 5.56 Å². The quantitative estimate of drug-likeness (QED) is 0.662. The minimum atomic E-state index is -0.328. The molecule has 1 rings (SSSR count). The summed E-state index contributed by atoms with van der Waals surface area (Å²) in [4.78, 5) is 11.4. The summed E-state index contributed by atoms with van der Waals surface area (Å²) in [6.07, 6.45) is 0.199. The van der Waals surface area contributed by atoms with Crippen LogP contribution in [-0.2, 0) is 20.7 Å². The highest BCUT2D eigenvalue weighted by molar-refractivity contribution is 5.82. The highest BCUT2D eigenvalue weighted by Gasteiger charge is 2.04. The SMILES string of the molecule is COCCOCC(=O)Cc1cccc(F)c1. The van der Waals surface area contributed by atoms with Crippen LogP contribution in [-0.4, -0.2) is 32.7 Å². The standard InChI is InChI=1S/C12H15FO3/c1-15-5-6-16-9-12(14)8-10-3-2-4-11(13)7-10/h2-4,7H,5-6,8-9H2,1H3. The minimum absolute atomic E-state index is 0.0415. The highest BCUT2D eigenvalue weighted by Crippen LogP contribution is 2.04. The molecule has 0 heterocycles. The average molecular weight is 226 g/mol. The van der Waals surface area contributed by atoms with Crippen LogP contribution in [0.4, 0.5) is 4.39 Å². The maximum absolute atomic E-state index is 12.8. The molecule has 0 bridgehead atoms. The van der Waals surface area contributed by atoms with E-state index in [1.54, 1.807) is 19.2 Å². The van der Waals surface area contributed by atoms with E-state index in [-0.39, 0.29) is 24.6 Å². The van der Waals surface area contributed by atoms with Gasteiger partial charge in [-0.2, -0.15) is 0 Å². The second-order valence-corrected chi connectivity index (χ2v) is 3.39. The number of ether oxygens (including phenoxy) is 2. The summed E-state index contributed by atoms with van der Waals surface area (Å²) in [5.74, 6) is -0.396. The summed E-state index contributed by atoms with van der Waals surface area (Å²) in [5.41, 5.74) is 0.667. The topological polar surface area (TPSA) is 35.5 Å². The van der Waals surface area contributed by atoms with Gasteiger partial charge in [0.05, 0.1) is 13.2 Å². The summed E-state index contributed by atoms with van der Waals surface area (Å²) in [6.45, 7) is 0.901. The smallest absolute Gasteiger partial charge is 0.162 e. The molecule has 0 aliphatic heterocycles. The van der Waals surface area contributed by atoms with E-state index >= 15 is 0 Å². The van der Waals surface area contributed by atoms with Gasteiger partial charge in [0.1, 0.15) is 12.4 Å². The van der Waals surface area contributed by atoms with Crippen molar-refractivity contribution >= 4 is 5.78 Å². The van der Waals surface area contributed by atoms with E-state index in [9.17, 15) is 9.18 Å². The molecule has 0 fully saturated rings. The molecule has 0 aliphatic rings. The van der Waals surface area contributed by atoms with Crippen molar-refractivity contribution in [2.75, 3.05) is 26.9 Å². The lowest BCUT2D eigenvalue weighted by molar-refractivity contribution is -0.123. The third kappa shape index (κ3) is 5.00. The zero-order valence-corrected chi connectivity index (χ0v) is 9.24. The number of ketones is 1. The molecule has 0 unspecified atom stereocenters. The number of benzene rings is 1. The van der Waals surface area contributed by atoms with E-state index in [0.29, 0.717) is 18.8 Å². The Hall–Kier alpha value is -1.26. The van der Waals surface area contributed by atoms with Crippen molar-refractivity contribution in [2.24, 2.45) is 0 Å². The number of carbonyl (C=O) groups is 1. The molecule has 0 amide bonds. The molecule has 0 N–H and O–H groups in total. The van der Waals surface area contributed by atoms with Gasteiger partial charge in [-0.25, -0.2) is 4.39 Å². The summed E-state index contributed by atoms with van der Waals surface area (Å²) >= 11 is 0. The van der Waals surface area contributed by atoms with Gasteiger partial charge < -0.3 is 9.47 Å². The Bertz CT molecular complexity index is 339. The first-order valence-corrected chi connectivity index (χ1v) is 5.05. The summed E-state index contributed by atoms with van der Waals surface area (Å²) in [6, 6.07) is 6.01. The number of carbonyl (C=O) groups excluding carboxylic acids is 1. The van der Waals surface area contributed by atoms with Gasteiger partial charge in [-0.3, -0.25) is 4.79 Å². The Balaban J connectivity index is 2.29. The third-order valence-corrected chi connectivity index (χ3v) is 1.99. The fourth-order valence-electron chi connectivity index (χ4n) is 1.25. The fraction of sp³-hybridized carbons (Fsp3) is 0.417. The Morgan fingerprint density at radius 2 is 2.19 bits per heavy atom. The van der Waals surface area contributed by atoms with Crippen LogP contribution >= 0.6 is 0 Å². The lowest BCUT2D eigenvalue weighted by Gasteiger charge is -2.03. The molecule has 0 aliphatic carbocycles. The molecule has 0 aromatic heterocycles. The van der Waals surface area contributed by atoms with E-state index in [1.165, 1.54) is 12.1 Å². The number of hydrogen-bond acceptors (Lipinski definition) is 3. The van der Waals surface area contributed by atoms with Crippen LogP contribution in [0.5, 0.6) is 0 Å². The van der Waals surface area contributed by atoms with Gasteiger partial charge in [-0.15, -0.1) is 0 Å². The molecule has 0 spiro atoms. The van der Waals surface area contributed by atoms with E-state index in [0.717, 1.165) is 0 Å².